The number of carbonyl (C=O) groups excluding carboxylic acids is 2. The van der Waals surface area contributed by atoms with Gasteiger partial charge in [0.1, 0.15) is 0 Å². The lowest BCUT2D eigenvalue weighted by Crippen LogP contribution is -2.55. The van der Waals surface area contributed by atoms with Crippen LogP contribution in [-0.2, 0) is 17.6 Å². The predicted molar refractivity (Wildman–Crippen MR) is 145 cm³/mol. The molecule has 0 unspecified atom stereocenters. The first-order valence-electron chi connectivity index (χ1n) is 13.1. The number of carbonyl (C=O) groups is 2. The molecule has 2 aliphatic rings. The molecule has 0 radical (unpaired) electrons. The van der Waals surface area contributed by atoms with E-state index in [1.807, 2.05) is 52.3 Å². The van der Waals surface area contributed by atoms with Gasteiger partial charge in [0.15, 0.2) is 0 Å². The quantitative estimate of drug-likeness (QED) is 0.476. The summed E-state index contributed by atoms with van der Waals surface area (Å²) < 4.78 is 0. The van der Waals surface area contributed by atoms with E-state index in [1.54, 1.807) is 0 Å². The molecular weight excluding hydrogens is 466 g/mol. The Kier molecular flexibility index (Phi) is 7.54. The Morgan fingerprint density at radius 1 is 0.972 bits per heavy atom. The molecule has 0 spiro atoms. The van der Waals surface area contributed by atoms with Crippen LogP contribution in [0.15, 0.2) is 66.0 Å². The fourth-order valence-corrected chi connectivity index (χ4v) is 6.47. The van der Waals surface area contributed by atoms with Crippen molar-refractivity contribution in [2.75, 3.05) is 32.7 Å². The Hall–Kier alpha value is -2.96. The largest absolute Gasteiger partial charge is 0.339 e. The van der Waals surface area contributed by atoms with Gasteiger partial charge in [-0.25, -0.2) is 0 Å². The average molecular weight is 502 g/mol. The number of hydrogen-bond donors (Lipinski definition) is 0. The first kappa shape index (κ1) is 24.7. The number of benzene rings is 2. The molecule has 0 aliphatic carbocycles. The van der Waals surface area contributed by atoms with E-state index >= 15 is 0 Å². The van der Waals surface area contributed by atoms with Gasteiger partial charge in [0.2, 0.25) is 5.91 Å². The van der Waals surface area contributed by atoms with E-state index < -0.39 is 0 Å². The van der Waals surface area contributed by atoms with Gasteiger partial charge >= 0.3 is 0 Å². The molecular formula is C30H35N3O2S. The second-order valence-electron chi connectivity index (χ2n) is 9.89. The van der Waals surface area contributed by atoms with Crippen LogP contribution in [0.4, 0.5) is 0 Å². The molecule has 2 atom stereocenters. The van der Waals surface area contributed by atoms with Gasteiger partial charge in [0.05, 0.1) is 6.04 Å². The second-order valence-corrected chi connectivity index (χ2v) is 10.9. The molecule has 0 saturated carbocycles. The number of nitrogens with zero attached hydrogens (tertiary/aromatic N) is 3. The third kappa shape index (κ3) is 5.11. The number of rotatable bonds is 6. The van der Waals surface area contributed by atoms with E-state index in [-0.39, 0.29) is 23.9 Å². The lowest BCUT2D eigenvalue weighted by Gasteiger charge is -2.41. The molecule has 36 heavy (non-hydrogen) atoms. The first-order chi connectivity index (χ1) is 17.5. The minimum atomic E-state index is 0.00136. The van der Waals surface area contributed by atoms with E-state index in [1.165, 1.54) is 21.6 Å². The molecule has 0 bridgehead atoms. The van der Waals surface area contributed by atoms with Crippen molar-refractivity contribution >= 4 is 23.2 Å². The number of aryl methyl sites for hydroxylation is 1. The van der Waals surface area contributed by atoms with Gasteiger partial charge in [-0.3, -0.25) is 14.5 Å². The molecule has 2 amide bonds. The highest BCUT2D eigenvalue weighted by Crippen LogP contribution is 2.37. The van der Waals surface area contributed by atoms with Crippen molar-refractivity contribution in [2.45, 2.75) is 45.2 Å². The predicted octanol–water partition coefficient (Wildman–Crippen LogP) is 5.02. The van der Waals surface area contributed by atoms with Crippen molar-refractivity contribution in [1.29, 1.82) is 0 Å². The molecule has 188 valence electrons. The van der Waals surface area contributed by atoms with Gasteiger partial charge in [-0.1, -0.05) is 49.4 Å². The fraction of sp³-hybridized carbons (Fsp3) is 0.400. The van der Waals surface area contributed by atoms with Gasteiger partial charge in [-0.15, -0.1) is 11.3 Å². The number of piperazine rings is 1. The van der Waals surface area contributed by atoms with Crippen LogP contribution in [0.3, 0.4) is 0 Å². The van der Waals surface area contributed by atoms with E-state index in [0.29, 0.717) is 26.1 Å². The normalized spacial score (nSPS) is 20.3. The second kappa shape index (κ2) is 11.0. The summed E-state index contributed by atoms with van der Waals surface area (Å²) in [4.78, 5) is 34.1. The Morgan fingerprint density at radius 3 is 2.47 bits per heavy atom. The molecule has 5 nitrogen and oxygen atoms in total. The summed E-state index contributed by atoms with van der Waals surface area (Å²) in [7, 11) is 0. The molecule has 5 rings (SSSR count). The minimum Gasteiger partial charge on any atom is -0.339 e. The smallest absolute Gasteiger partial charge is 0.254 e. The Balaban J connectivity index is 1.20. The lowest BCUT2D eigenvalue weighted by molar-refractivity contribution is -0.134. The monoisotopic (exact) mass is 501 g/mol. The van der Waals surface area contributed by atoms with Gasteiger partial charge < -0.3 is 9.80 Å². The molecule has 2 aliphatic heterocycles. The highest BCUT2D eigenvalue weighted by atomic mass is 32.1. The van der Waals surface area contributed by atoms with Crippen molar-refractivity contribution in [3.05, 3.63) is 93.2 Å². The third-order valence-electron chi connectivity index (χ3n) is 7.64. The Bertz CT molecular complexity index is 1190. The van der Waals surface area contributed by atoms with Crippen LogP contribution in [0.5, 0.6) is 0 Å². The molecule has 3 aromatic rings. The zero-order chi connectivity index (χ0) is 25.1. The van der Waals surface area contributed by atoms with E-state index in [0.717, 1.165) is 31.5 Å². The maximum Gasteiger partial charge on any atom is 0.254 e. The summed E-state index contributed by atoms with van der Waals surface area (Å²) >= 11 is 1.84. The van der Waals surface area contributed by atoms with Crippen LogP contribution in [0.1, 0.15) is 58.2 Å². The van der Waals surface area contributed by atoms with Crippen LogP contribution in [0.2, 0.25) is 0 Å². The number of hydrogen-bond acceptors (Lipinski definition) is 4. The van der Waals surface area contributed by atoms with E-state index in [4.69, 9.17) is 0 Å². The highest BCUT2D eigenvalue weighted by Gasteiger charge is 2.32. The molecule has 0 N–H and O–H groups in total. The van der Waals surface area contributed by atoms with Gasteiger partial charge in [-0.05, 0) is 60.0 Å². The van der Waals surface area contributed by atoms with Crippen LogP contribution < -0.4 is 0 Å². The summed E-state index contributed by atoms with van der Waals surface area (Å²) in [5, 5.41) is 2.19. The minimum absolute atomic E-state index is 0.00136. The van der Waals surface area contributed by atoms with Crippen LogP contribution in [0, 0.1) is 0 Å². The third-order valence-corrected chi connectivity index (χ3v) is 8.64. The maximum atomic E-state index is 13.2. The van der Waals surface area contributed by atoms with Crippen molar-refractivity contribution in [3.8, 4) is 0 Å². The molecule has 6 heteroatoms. The highest BCUT2D eigenvalue weighted by molar-refractivity contribution is 7.10. The van der Waals surface area contributed by atoms with Crippen molar-refractivity contribution < 1.29 is 9.59 Å². The molecule has 2 aromatic carbocycles. The summed E-state index contributed by atoms with van der Waals surface area (Å²) in [6.45, 7) is 7.64. The first-order valence-corrected chi connectivity index (χ1v) is 14.0. The average Bonchev–Trinajstić information content (AvgIpc) is 3.40. The Morgan fingerprint density at radius 2 is 1.75 bits per heavy atom. The van der Waals surface area contributed by atoms with Gasteiger partial charge in [0, 0.05) is 55.6 Å². The summed E-state index contributed by atoms with van der Waals surface area (Å²) in [6, 6.07) is 21.0. The number of amides is 2. The van der Waals surface area contributed by atoms with Gasteiger partial charge in [-0.2, -0.15) is 0 Å². The zero-order valence-electron chi connectivity index (χ0n) is 21.2. The van der Waals surface area contributed by atoms with E-state index in [9.17, 15) is 9.59 Å². The molecule has 3 heterocycles. The van der Waals surface area contributed by atoms with Crippen LogP contribution >= 0.6 is 11.3 Å². The Labute approximate surface area is 218 Å². The summed E-state index contributed by atoms with van der Waals surface area (Å²) in [5.74, 6) is 0.243. The standard InChI is InChI=1S/C30H35N3O2S/c1-3-23-9-11-25(12-10-23)30(35)33-19-18-32(21-22(33)2)28(34)14-17-31-16-13-27-26(15-20-36-27)29(31)24-7-5-4-6-8-24/h4-12,15,20,22,29H,3,13-14,16-19,21H2,1-2H3/t22-,29-/m0/s1. The SMILES string of the molecule is CCc1ccc(C(=O)N2CCN(C(=O)CCN3CCc4sccc4[C@@H]3c3ccccc3)C[C@@H]2C)cc1. The lowest BCUT2D eigenvalue weighted by atomic mass is 9.93. The topological polar surface area (TPSA) is 43.9 Å². The maximum absolute atomic E-state index is 13.2. The zero-order valence-corrected chi connectivity index (χ0v) is 22.0. The number of thiophene rings is 1. The van der Waals surface area contributed by atoms with Crippen molar-refractivity contribution in [2.24, 2.45) is 0 Å². The summed E-state index contributed by atoms with van der Waals surface area (Å²) in [6.07, 6.45) is 2.51. The van der Waals surface area contributed by atoms with Crippen LogP contribution in [0.25, 0.3) is 0 Å². The van der Waals surface area contributed by atoms with Crippen molar-refractivity contribution in [1.82, 2.24) is 14.7 Å². The summed E-state index contributed by atoms with van der Waals surface area (Å²) in [5.41, 5.74) is 4.63. The fourth-order valence-electron chi connectivity index (χ4n) is 5.57. The molecule has 1 saturated heterocycles. The van der Waals surface area contributed by atoms with E-state index in [2.05, 4.69) is 53.6 Å². The van der Waals surface area contributed by atoms with Crippen molar-refractivity contribution in [3.63, 3.8) is 0 Å². The van der Waals surface area contributed by atoms with Gasteiger partial charge in [0.25, 0.3) is 5.91 Å². The van der Waals surface area contributed by atoms with Crippen LogP contribution in [-0.4, -0.2) is 65.3 Å². The molecule has 1 aromatic heterocycles. The molecule has 1 fully saturated rings. The number of fused-ring (bicyclic) bond motifs is 1.